The molecule has 0 aromatic rings. The molecule has 1 N–H and O–H groups in total. The van der Waals surface area contributed by atoms with Gasteiger partial charge in [0, 0.05) is 42.6 Å². The highest BCUT2D eigenvalue weighted by atomic mass is 16.5. The molecule has 0 aliphatic heterocycles. The summed E-state index contributed by atoms with van der Waals surface area (Å²) in [6.45, 7) is 15.0. The van der Waals surface area contributed by atoms with Crippen molar-refractivity contribution in [2.45, 2.75) is 119 Å². The van der Waals surface area contributed by atoms with Gasteiger partial charge in [-0.25, -0.2) is 4.79 Å². The third-order valence-electron chi connectivity index (χ3n) is 11.7. The molecule has 232 valence electrons. The van der Waals surface area contributed by atoms with Gasteiger partial charge in [0.1, 0.15) is 11.9 Å². The zero-order valence-electron chi connectivity index (χ0n) is 26.5. The van der Waals surface area contributed by atoms with Gasteiger partial charge in [-0.05, 0) is 80.6 Å². The van der Waals surface area contributed by atoms with Gasteiger partial charge in [0.2, 0.25) is 0 Å². The van der Waals surface area contributed by atoms with Crippen molar-refractivity contribution in [1.82, 2.24) is 0 Å². The van der Waals surface area contributed by atoms with Crippen molar-refractivity contribution in [3.8, 4) is 0 Å². The molecule has 0 bridgehead atoms. The summed E-state index contributed by atoms with van der Waals surface area (Å²) in [6.07, 6.45) is 3.85. The lowest BCUT2D eigenvalue weighted by Gasteiger charge is -2.67. The minimum atomic E-state index is -1.06. The van der Waals surface area contributed by atoms with Gasteiger partial charge in [0.05, 0.1) is 0 Å². The summed E-state index contributed by atoms with van der Waals surface area (Å²) in [5.41, 5.74) is -0.206. The molecule has 9 atom stereocenters. The van der Waals surface area contributed by atoms with Gasteiger partial charge in [-0.3, -0.25) is 19.2 Å². The Bertz CT molecular complexity index is 1240. The molecular formula is C34H48O8. The Balaban J connectivity index is 1.91. The number of hydrogen-bond donors (Lipinski definition) is 1. The first kappa shape index (κ1) is 32.2. The van der Waals surface area contributed by atoms with E-state index in [2.05, 4.69) is 6.92 Å². The Kier molecular flexibility index (Phi) is 8.71. The Morgan fingerprint density at radius 1 is 1.05 bits per heavy atom. The maximum atomic E-state index is 14.8. The molecule has 0 radical (unpaired) electrons. The maximum Gasteiger partial charge on any atom is 0.331 e. The average Bonchev–Trinajstić information content (AvgIpc) is 3.19. The first-order valence-electron chi connectivity index (χ1n) is 15.6. The summed E-state index contributed by atoms with van der Waals surface area (Å²) in [4.78, 5) is 65.6. The number of carboxylic acids is 1. The second-order valence-electron chi connectivity index (χ2n) is 14.1. The first-order chi connectivity index (χ1) is 19.5. The summed E-state index contributed by atoms with van der Waals surface area (Å²) in [7, 11) is 0. The number of rotatable bonds is 7. The summed E-state index contributed by atoms with van der Waals surface area (Å²) in [5, 5.41) is 10.4. The van der Waals surface area contributed by atoms with E-state index in [0.717, 1.165) is 5.57 Å². The molecule has 0 spiro atoms. The SMILES string of the molecule is CCC(=O)O[C@H]1C[C@@]2(C)[C@@H](CC[C@H]3[C@@]4(C)CCC(=O)[C@@H](C)[C@@H]4[C@H](OC(C)=O)C(=O)[C@@]32C)C1=C(CCC=C(C)C)C(=O)O. The quantitative estimate of drug-likeness (QED) is 0.219. The number of carbonyl (C=O) groups is 5. The van der Waals surface area contributed by atoms with Gasteiger partial charge in [-0.1, -0.05) is 46.3 Å². The number of carbonyl (C=O) groups excluding carboxylic acids is 4. The molecule has 4 fully saturated rings. The standard InChI is InChI=1S/C34H48O8/c1-9-26(37)42-24-17-33(7)22(27(24)21(31(39)40)12-10-11-18(2)3)13-14-25-32(6)16-15-23(36)19(4)28(32)29(41-20(5)35)30(38)34(25,33)8/h11,19,22,24-25,28-29H,9-10,12-17H2,1-8H3,(H,39,40)/t19-,22+,24+,25+,28-,29+,32-,33+,34-/m1/s1. The molecule has 8 nitrogen and oxygen atoms in total. The molecule has 4 saturated carbocycles. The largest absolute Gasteiger partial charge is 0.478 e. The number of allylic oxidation sites excluding steroid dienone is 2. The van der Waals surface area contributed by atoms with Crippen LogP contribution in [0.5, 0.6) is 0 Å². The maximum absolute atomic E-state index is 14.8. The van der Waals surface area contributed by atoms with Crippen LogP contribution in [0.15, 0.2) is 22.8 Å². The van der Waals surface area contributed by atoms with Crippen LogP contribution in [0.25, 0.3) is 0 Å². The first-order valence-corrected chi connectivity index (χ1v) is 15.6. The third kappa shape index (κ3) is 4.86. The third-order valence-corrected chi connectivity index (χ3v) is 11.7. The molecule has 8 heteroatoms. The Hall–Kier alpha value is -2.77. The number of esters is 2. The van der Waals surface area contributed by atoms with E-state index in [9.17, 15) is 29.1 Å². The van der Waals surface area contributed by atoms with E-state index in [0.29, 0.717) is 50.5 Å². The van der Waals surface area contributed by atoms with E-state index >= 15 is 0 Å². The predicted molar refractivity (Wildman–Crippen MR) is 156 cm³/mol. The number of hydrogen-bond acceptors (Lipinski definition) is 7. The lowest BCUT2D eigenvalue weighted by molar-refractivity contribution is -0.219. The molecule has 0 amide bonds. The van der Waals surface area contributed by atoms with Crippen molar-refractivity contribution < 1.29 is 38.6 Å². The minimum Gasteiger partial charge on any atom is -0.478 e. The van der Waals surface area contributed by atoms with Crippen LogP contribution in [-0.4, -0.2) is 46.8 Å². The second-order valence-corrected chi connectivity index (χ2v) is 14.1. The lowest BCUT2D eigenvalue weighted by atomic mass is 9.36. The van der Waals surface area contributed by atoms with E-state index in [1.54, 1.807) is 6.92 Å². The predicted octanol–water partition coefficient (Wildman–Crippen LogP) is 6.01. The van der Waals surface area contributed by atoms with E-state index in [1.165, 1.54) is 6.92 Å². The van der Waals surface area contributed by atoms with E-state index in [-0.39, 0.29) is 35.4 Å². The smallest absolute Gasteiger partial charge is 0.331 e. The zero-order chi connectivity index (χ0) is 31.4. The van der Waals surface area contributed by atoms with Crippen molar-refractivity contribution in [1.29, 1.82) is 0 Å². The van der Waals surface area contributed by atoms with E-state index in [1.807, 2.05) is 40.7 Å². The molecule has 0 aromatic heterocycles. The number of carboxylic acid groups (broad SMARTS) is 1. The summed E-state index contributed by atoms with van der Waals surface area (Å²) >= 11 is 0. The average molecular weight is 585 g/mol. The summed E-state index contributed by atoms with van der Waals surface area (Å²) < 4.78 is 11.8. The van der Waals surface area contributed by atoms with Crippen LogP contribution in [0.2, 0.25) is 0 Å². The fourth-order valence-electron chi connectivity index (χ4n) is 9.68. The fourth-order valence-corrected chi connectivity index (χ4v) is 9.68. The topological polar surface area (TPSA) is 124 Å². The van der Waals surface area contributed by atoms with E-state index < -0.39 is 58.2 Å². The van der Waals surface area contributed by atoms with Crippen molar-refractivity contribution in [3.63, 3.8) is 0 Å². The van der Waals surface area contributed by atoms with Crippen molar-refractivity contribution >= 4 is 29.5 Å². The molecule has 4 aliphatic rings. The summed E-state index contributed by atoms with van der Waals surface area (Å²) in [5.74, 6) is -3.34. The van der Waals surface area contributed by atoms with Gasteiger partial charge in [-0.2, -0.15) is 0 Å². The van der Waals surface area contributed by atoms with Gasteiger partial charge in [0.25, 0.3) is 0 Å². The Morgan fingerprint density at radius 2 is 1.71 bits per heavy atom. The molecule has 0 saturated heterocycles. The highest BCUT2D eigenvalue weighted by molar-refractivity contribution is 5.95. The van der Waals surface area contributed by atoms with Crippen LogP contribution in [0.4, 0.5) is 0 Å². The molecule has 4 rings (SSSR count). The van der Waals surface area contributed by atoms with Gasteiger partial charge in [-0.15, -0.1) is 0 Å². The van der Waals surface area contributed by atoms with Crippen LogP contribution >= 0.6 is 0 Å². The van der Waals surface area contributed by atoms with Crippen molar-refractivity contribution in [2.24, 2.45) is 39.9 Å². The number of ether oxygens (including phenoxy) is 2. The van der Waals surface area contributed by atoms with E-state index in [4.69, 9.17) is 9.47 Å². The molecule has 42 heavy (non-hydrogen) atoms. The van der Waals surface area contributed by atoms with Crippen LogP contribution in [0.3, 0.4) is 0 Å². The number of Topliss-reactive ketones (excluding diaryl/α,β-unsaturated/α-hetero) is 2. The molecule has 0 aromatic carbocycles. The van der Waals surface area contributed by atoms with Crippen molar-refractivity contribution in [2.75, 3.05) is 0 Å². The zero-order valence-corrected chi connectivity index (χ0v) is 26.5. The van der Waals surface area contributed by atoms with Gasteiger partial charge < -0.3 is 14.6 Å². The second kappa shape index (κ2) is 11.4. The molecule has 0 unspecified atom stereocenters. The number of ketones is 2. The van der Waals surface area contributed by atoms with Gasteiger partial charge in [0.15, 0.2) is 11.9 Å². The van der Waals surface area contributed by atoms with Crippen LogP contribution in [-0.2, 0) is 33.4 Å². The minimum absolute atomic E-state index is 0.0889. The molecular weight excluding hydrogens is 536 g/mol. The highest BCUT2D eigenvalue weighted by Gasteiger charge is 2.74. The van der Waals surface area contributed by atoms with Crippen LogP contribution in [0.1, 0.15) is 107 Å². The fraction of sp³-hybridized carbons (Fsp3) is 0.735. The van der Waals surface area contributed by atoms with Crippen LogP contribution in [0, 0.1) is 39.9 Å². The highest BCUT2D eigenvalue weighted by Crippen LogP contribution is 2.73. The van der Waals surface area contributed by atoms with Crippen LogP contribution < -0.4 is 0 Å². The monoisotopic (exact) mass is 584 g/mol. The Labute approximate surface area is 249 Å². The molecule has 0 heterocycles. The lowest BCUT2D eigenvalue weighted by Crippen LogP contribution is -2.70. The number of aliphatic carboxylic acids is 1. The van der Waals surface area contributed by atoms with Crippen molar-refractivity contribution in [3.05, 3.63) is 22.8 Å². The summed E-state index contributed by atoms with van der Waals surface area (Å²) in [6, 6.07) is 0. The Morgan fingerprint density at radius 3 is 2.29 bits per heavy atom. The number of fused-ring (bicyclic) bond motifs is 5. The normalized spacial score (nSPS) is 40.3. The molecule has 4 aliphatic carbocycles. The van der Waals surface area contributed by atoms with Gasteiger partial charge >= 0.3 is 17.9 Å².